The second kappa shape index (κ2) is 8.86. The molecule has 4 atom stereocenters. The molecule has 0 radical (unpaired) electrons. The second-order valence-electron chi connectivity index (χ2n) is 8.31. The van der Waals surface area contributed by atoms with Gasteiger partial charge >= 0.3 is 0 Å². The molecule has 0 bridgehead atoms. The zero-order valence-electron chi connectivity index (χ0n) is 17.9. The summed E-state index contributed by atoms with van der Waals surface area (Å²) in [4.78, 5) is 21.5. The van der Waals surface area contributed by atoms with Gasteiger partial charge in [0.25, 0.3) is 0 Å². The molecule has 1 saturated heterocycles. The average Bonchev–Trinajstić information content (AvgIpc) is 2.78. The molecule has 3 heterocycles. The minimum Gasteiger partial charge on any atom is -0.390 e. The van der Waals surface area contributed by atoms with Gasteiger partial charge in [0.15, 0.2) is 5.78 Å². The first-order valence-corrected chi connectivity index (χ1v) is 10.5. The molecule has 1 aromatic carbocycles. The molecule has 0 saturated carbocycles. The molecule has 0 unspecified atom stereocenters. The summed E-state index contributed by atoms with van der Waals surface area (Å²) in [6.07, 6.45) is 1.39. The minimum absolute atomic E-state index is 0.0254. The quantitative estimate of drug-likeness (QED) is 0.593. The predicted molar refractivity (Wildman–Crippen MR) is 116 cm³/mol. The largest absolute Gasteiger partial charge is 0.390 e. The summed E-state index contributed by atoms with van der Waals surface area (Å²) in [5.74, 6) is -0.647. The standard InChI is InChI=1S/C25H25FN2O4/c1-15-25(2,31)24(30)13-23(32-15)17-10-11-27-14-16(17)12-22(29)21-9-5-8-20(28-21)18-6-3-4-7-19(18)26/h3-11,14-15,23-24,30-31H,12-13H2,1-2H3/t15-,23-,24-,25-/m1/s1. The Hall–Kier alpha value is -3.00. The fourth-order valence-electron chi connectivity index (χ4n) is 3.92. The van der Waals surface area contributed by atoms with Gasteiger partial charge in [0.1, 0.15) is 17.1 Å². The lowest BCUT2D eigenvalue weighted by atomic mass is 9.84. The van der Waals surface area contributed by atoms with Crippen LogP contribution in [0.4, 0.5) is 4.39 Å². The van der Waals surface area contributed by atoms with E-state index in [1.165, 1.54) is 6.07 Å². The van der Waals surface area contributed by atoms with Gasteiger partial charge in [0.05, 0.1) is 24.0 Å². The summed E-state index contributed by atoms with van der Waals surface area (Å²) in [5.41, 5.74) is 0.976. The molecule has 3 aromatic rings. The van der Waals surface area contributed by atoms with E-state index >= 15 is 0 Å². The van der Waals surface area contributed by atoms with Gasteiger partial charge in [-0.1, -0.05) is 18.2 Å². The maximum Gasteiger partial charge on any atom is 0.185 e. The summed E-state index contributed by atoms with van der Waals surface area (Å²) >= 11 is 0. The van der Waals surface area contributed by atoms with Crippen molar-refractivity contribution >= 4 is 5.78 Å². The zero-order chi connectivity index (χ0) is 22.9. The predicted octanol–water partition coefficient (Wildman–Crippen LogP) is 3.67. The monoisotopic (exact) mass is 436 g/mol. The number of aromatic nitrogens is 2. The van der Waals surface area contributed by atoms with Crippen LogP contribution in [0.15, 0.2) is 60.9 Å². The number of halogens is 1. The normalized spacial score (nSPS) is 25.5. The molecule has 166 valence electrons. The molecule has 2 aromatic heterocycles. The molecular formula is C25H25FN2O4. The molecule has 1 fully saturated rings. The van der Waals surface area contributed by atoms with Crippen molar-refractivity contribution in [3.05, 3.63) is 83.6 Å². The molecule has 6 nitrogen and oxygen atoms in total. The van der Waals surface area contributed by atoms with Gasteiger partial charge in [0.2, 0.25) is 0 Å². The van der Waals surface area contributed by atoms with E-state index in [0.717, 1.165) is 5.56 Å². The highest BCUT2D eigenvalue weighted by Crippen LogP contribution is 2.38. The Labute approximate surface area is 185 Å². The van der Waals surface area contributed by atoms with Gasteiger partial charge < -0.3 is 14.9 Å². The van der Waals surface area contributed by atoms with Crippen molar-refractivity contribution in [3.63, 3.8) is 0 Å². The Morgan fingerprint density at radius 1 is 1.22 bits per heavy atom. The number of carbonyl (C=O) groups is 1. The summed E-state index contributed by atoms with van der Waals surface area (Å²) in [7, 11) is 0. The SMILES string of the molecule is C[C@H]1O[C@@H](c2ccncc2CC(=O)c2cccc(-c3ccccc3F)n2)C[C@@H](O)[C@]1(C)O. The number of aliphatic hydroxyl groups excluding tert-OH is 1. The van der Waals surface area contributed by atoms with Crippen molar-refractivity contribution in [1.29, 1.82) is 0 Å². The summed E-state index contributed by atoms with van der Waals surface area (Å²) in [5, 5.41) is 20.8. The van der Waals surface area contributed by atoms with Gasteiger partial charge in [0, 0.05) is 30.8 Å². The molecule has 32 heavy (non-hydrogen) atoms. The molecule has 2 N–H and O–H groups in total. The Balaban J connectivity index is 1.58. The number of nitrogens with zero attached hydrogens (tertiary/aromatic N) is 2. The average molecular weight is 436 g/mol. The van der Waals surface area contributed by atoms with Gasteiger partial charge in [-0.2, -0.15) is 0 Å². The number of rotatable bonds is 5. The summed E-state index contributed by atoms with van der Waals surface area (Å²) in [6, 6.07) is 13.0. The molecule has 4 rings (SSSR count). The Morgan fingerprint density at radius 2 is 2.00 bits per heavy atom. The maximum atomic E-state index is 14.1. The summed E-state index contributed by atoms with van der Waals surface area (Å²) < 4.78 is 20.1. The Morgan fingerprint density at radius 3 is 2.75 bits per heavy atom. The number of benzene rings is 1. The number of ketones is 1. The number of pyridine rings is 2. The van der Waals surface area contributed by atoms with Crippen molar-refractivity contribution in [2.45, 2.75) is 50.6 Å². The zero-order valence-corrected chi connectivity index (χ0v) is 17.9. The first-order valence-electron chi connectivity index (χ1n) is 10.5. The number of hydrogen-bond donors (Lipinski definition) is 2. The lowest BCUT2D eigenvalue weighted by Gasteiger charge is -2.43. The molecule has 1 aliphatic rings. The lowest BCUT2D eigenvalue weighted by molar-refractivity contribution is -0.215. The van der Waals surface area contributed by atoms with E-state index in [1.807, 2.05) is 0 Å². The molecule has 1 aliphatic heterocycles. The topological polar surface area (TPSA) is 92.5 Å². The Kier molecular flexibility index (Phi) is 6.15. The third kappa shape index (κ3) is 4.32. The van der Waals surface area contributed by atoms with Crippen molar-refractivity contribution in [2.24, 2.45) is 0 Å². The third-order valence-electron chi connectivity index (χ3n) is 6.13. The molecule has 7 heteroatoms. The molecular weight excluding hydrogens is 411 g/mol. The van der Waals surface area contributed by atoms with Crippen molar-refractivity contribution in [2.75, 3.05) is 0 Å². The van der Waals surface area contributed by atoms with Crippen LogP contribution >= 0.6 is 0 Å². The van der Waals surface area contributed by atoms with Gasteiger partial charge in [-0.25, -0.2) is 9.37 Å². The van der Waals surface area contributed by atoms with Crippen molar-refractivity contribution in [1.82, 2.24) is 9.97 Å². The highest BCUT2D eigenvalue weighted by molar-refractivity contribution is 5.96. The van der Waals surface area contributed by atoms with E-state index in [2.05, 4.69) is 9.97 Å². The fourth-order valence-corrected chi connectivity index (χ4v) is 3.92. The van der Waals surface area contributed by atoms with E-state index in [4.69, 9.17) is 4.74 Å². The number of carbonyl (C=O) groups excluding carboxylic acids is 1. The van der Waals surface area contributed by atoms with E-state index in [-0.39, 0.29) is 24.3 Å². The van der Waals surface area contributed by atoms with E-state index in [0.29, 0.717) is 16.8 Å². The van der Waals surface area contributed by atoms with E-state index in [1.54, 1.807) is 68.7 Å². The van der Waals surface area contributed by atoms with Gasteiger partial charge in [-0.05, 0) is 55.3 Å². The van der Waals surface area contributed by atoms with Crippen LogP contribution in [0.2, 0.25) is 0 Å². The van der Waals surface area contributed by atoms with Crippen LogP contribution in [0, 0.1) is 5.82 Å². The maximum absolute atomic E-state index is 14.1. The first-order chi connectivity index (χ1) is 15.3. The highest BCUT2D eigenvalue weighted by Gasteiger charge is 2.44. The second-order valence-corrected chi connectivity index (χ2v) is 8.31. The van der Waals surface area contributed by atoms with Crippen molar-refractivity contribution < 1.29 is 24.1 Å². The van der Waals surface area contributed by atoms with Crippen LogP contribution in [-0.2, 0) is 11.2 Å². The first kappa shape index (κ1) is 22.2. The van der Waals surface area contributed by atoms with Crippen LogP contribution in [0.5, 0.6) is 0 Å². The molecule has 0 aliphatic carbocycles. The van der Waals surface area contributed by atoms with Crippen LogP contribution in [0.3, 0.4) is 0 Å². The third-order valence-corrected chi connectivity index (χ3v) is 6.13. The van der Waals surface area contributed by atoms with E-state index in [9.17, 15) is 19.4 Å². The van der Waals surface area contributed by atoms with Crippen LogP contribution in [0.1, 0.15) is 48.0 Å². The fraction of sp³-hybridized carbons (Fsp3) is 0.320. The van der Waals surface area contributed by atoms with E-state index < -0.39 is 29.7 Å². The van der Waals surface area contributed by atoms with Crippen LogP contribution in [0.25, 0.3) is 11.3 Å². The van der Waals surface area contributed by atoms with Gasteiger partial charge in [-0.15, -0.1) is 0 Å². The number of ether oxygens (including phenoxy) is 1. The van der Waals surface area contributed by atoms with Crippen LogP contribution in [-0.4, -0.2) is 43.8 Å². The minimum atomic E-state index is -1.35. The highest BCUT2D eigenvalue weighted by atomic mass is 19.1. The van der Waals surface area contributed by atoms with Crippen molar-refractivity contribution in [3.8, 4) is 11.3 Å². The molecule has 0 amide bonds. The Bertz CT molecular complexity index is 1120. The van der Waals surface area contributed by atoms with Crippen LogP contribution < -0.4 is 0 Å². The lowest BCUT2D eigenvalue weighted by Crippen LogP contribution is -2.54. The van der Waals surface area contributed by atoms with Gasteiger partial charge in [-0.3, -0.25) is 9.78 Å². The molecule has 0 spiro atoms. The number of Topliss-reactive ketones (excluding diaryl/α,β-unsaturated/α-hetero) is 1. The number of aliphatic hydroxyl groups is 2. The smallest absolute Gasteiger partial charge is 0.185 e. The summed E-state index contributed by atoms with van der Waals surface area (Å²) in [6.45, 7) is 3.25. The number of hydrogen-bond acceptors (Lipinski definition) is 6.